The number of rotatable bonds is 3. The summed E-state index contributed by atoms with van der Waals surface area (Å²) in [6, 6.07) is 7.27. The summed E-state index contributed by atoms with van der Waals surface area (Å²) in [7, 11) is 0. The summed E-state index contributed by atoms with van der Waals surface area (Å²) >= 11 is 3.37. The molecule has 1 N–H and O–H groups in total. The molecule has 0 heterocycles. The molecule has 2 aliphatic carbocycles. The zero-order chi connectivity index (χ0) is 17.3. The van der Waals surface area contributed by atoms with Crippen LogP contribution in [0.3, 0.4) is 0 Å². The number of carbonyl (C=O) groups is 3. The Bertz CT molecular complexity index is 701. The molecular weight excluding hydrogens is 372 g/mol. The number of hydrogen-bond acceptors (Lipinski definition) is 4. The van der Waals surface area contributed by atoms with E-state index in [1.54, 1.807) is 0 Å². The maximum atomic E-state index is 12.5. The molecule has 0 saturated heterocycles. The predicted molar refractivity (Wildman–Crippen MR) is 92.8 cm³/mol. The fraction of sp³-hybridized carbons (Fsp3) is 0.421. The molecule has 2 aliphatic rings. The SMILES string of the molecule is O=C1CCCC(O)=C1C(c1ccc(Br)cc1)C1C(=O)CCCC1=O. The van der Waals surface area contributed by atoms with Crippen molar-refractivity contribution in [2.45, 2.75) is 44.4 Å². The lowest BCUT2D eigenvalue weighted by Gasteiger charge is -2.31. The standard InChI is InChI=1S/C19H19BrO4/c20-12-9-7-11(8-10-12)17(18-13(21)3-1-4-14(18)22)19-15(23)5-2-6-16(19)24/h7-10,17-18,23H,1-6H2. The molecule has 126 valence electrons. The first-order chi connectivity index (χ1) is 11.5. The Morgan fingerprint density at radius 2 is 1.50 bits per heavy atom. The van der Waals surface area contributed by atoms with Gasteiger partial charge in [0, 0.05) is 41.6 Å². The van der Waals surface area contributed by atoms with Gasteiger partial charge in [-0.2, -0.15) is 0 Å². The highest BCUT2D eigenvalue weighted by molar-refractivity contribution is 9.10. The van der Waals surface area contributed by atoms with E-state index in [4.69, 9.17) is 0 Å². The molecule has 1 saturated carbocycles. The van der Waals surface area contributed by atoms with Crippen LogP contribution < -0.4 is 0 Å². The van der Waals surface area contributed by atoms with Crippen molar-refractivity contribution in [3.63, 3.8) is 0 Å². The molecule has 1 atom stereocenters. The highest BCUT2D eigenvalue weighted by atomic mass is 79.9. The van der Waals surface area contributed by atoms with E-state index in [0.717, 1.165) is 10.0 Å². The quantitative estimate of drug-likeness (QED) is 0.790. The number of aliphatic hydroxyl groups excluding tert-OH is 1. The fourth-order valence-corrected chi connectivity index (χ4v) is 3.96. The number of aliphatic hydroxyl groups is 1. The molecule has 5 heteroatoms. The number of carbonyl (C=O) groups excluding carboxylic acids is 3. The van der Waals surface area contributed by atoms with Crippen LogP contribution in [-0.4, -0.2) is 22.5 Å². The number of ketones is 3. The van der Waals surface area contributed by atoms with Crippen molar-refractivity contribution < 1.29 is 19.5 Å². The molecule has 0 amide bonds. The van der Waals surface area contributed by atoms with Gasteiger partial charge in [-0.05, 0) is 30.5 Å². The third-order valence-electron chi connectivity index (χ3n) is 4.84. The minimum absolute atomic E-state index is 0.0327. The van der Waals surface area contributed by atoms with Crippen LogP contribution in [0.1, 0.15) is 50.0 Å². The van der Waals surface area contributed by atoms with E-state index in [-0.39, 0.29) is 28.7 Å². The van der Waals surface area contributed by atoms with Crippen LogP contribution in [0.4, 0.5) is 0 Å². The van der Waals surface area contributed by atoms with Crippen molar-refractivity contribution in [3.05, 3.63) is 45.6 Å². The largest absolute Gasteiger partial charge is 0.512 e. The van der Waals surface area contributed by atoms with Gasteiger partial charge in [-0.15, -0.1) is 0 Å². The van der Waals surface area contributed by atoms with Crippen LogP contribution in [0.5, 0.6) is 0 Å². The smallest absolute Gasteiger partial charge is 0.162 e. The third kappa shape index (κ3) is 3.22. The van der Waals surface area contributed by atoms with Gasteiger partial charge in [-0.3, -0.25) is 14.4 Å². The number of Topliss-reactive ketones (excluding diaryl/α,β-unsaturated/α-hetero) is 3. The first-order valence-electron chi connectivity index (χ1n) is 8.25. The van der Waals surface area contributed by atoms with E-state index in [9.17, 15) is 19.5 Å². The van der Waals surface area contributed by atoms with Crippen molar-refractivity contribution in [2.75, 3.05) is 0 Å². The third-order valence-corrected chi connectivity index (χ3v) is 5.37. The molecule has 0 aliphatic heterocycles. The minimum Gasteiger partial charge on any atom is -0.512 e. The van der Waals surface area contributed by atoms with Crippen molar-refractivity contribution in [3.8, 4) is 0 Å². The fourth-order valence-electron chi connectivity index (χ4n) is 3.69. The van der Waals surface area contributed by atoms with E-state index in [2.05, 4.69) is 15.9 Å². The van der Waals surface area contributed by atoms with E-state index in [1.807, 2.05) is 24.3 Å². The maximum Gasteiger partial charge on any atom is 0.162 e. The van der Waals surface area contributed by atoms with Gasteiger partial charge in [0.1, 0.15) is 11.6 Å². The number of allylic oxidation sites excluding steroid dienone is 2. The summed E-state index contributed by atoms with van der Waals surface area (Å²) in [6.07, 6.45) is 2.65. The maximum absolute atomic E-state index is 12.5. The number of halogens is 1. The van der Waals surface area contributed by atoms with Crippen molar-refractivity contribution in [1.82, 2.24) is 0 Å². The summed E-state index contributed by atoms with van der Waals surface area (Å²) in [5.41, 5.74) is 0.987. The Labute approximate surface area is 149 Å². The predicted octanol–water partition coefficient (Wildman–Crippen LogP) is 4.04. The Hall–Kier alpha value is -1.75. The van der Waals surface area contributed by atoms with E-state index in [0.29, 0.717) is 38.5 Å². The molecule has 0 radical (unpaired) electrons. The number of benzene rings is 1. The van der Waals surface area contributed by atoms with Gasteiger partial charge >= 0.3 is 0 Å². The van der Waals surface area contributed by atoms with Crippen molar-refractivity contribution in [2.24, 2.45) is 5.92 Å². The molecule has 4 nitrogen and oxygen atoms in total. The van der Waals surface area contributed by atoms with E-state index < -0.39 is 11.8 Å². The molecule has 1 aromatic carbocycles. The Morgan fingerprint density at radius 3 is 2.08 bits per heavy atom. The summed E-state index contributed by atoms with van der Waals surface area (Å²) in [6.45, 7) is 0. The summed E-state index contributed by atoms with van der Waals surface area (Å²) < 4.78 is 0.875. The lowest BCUT2D eigenvalue weighted by atomic mass is 9.69. The van der Waals surface area contributed by atoms with Crippen molar-refractivity contribution >= 4 is 33.3 Å². The average molecular weight is 391 g/mol. The molecule has 3 rings (SSSR count). The molecular formula is C19H19BrO4. The van der Waals surface area contributed by atoms with Gasteiger partial charge in [-0.25, -0.2) is 0 Å². The monoisotopic (exact) mass is 390 g/mol. The van der Waals surface area contributed by atoms with Gasteiger partial charge in [0.05, 0.1) is 11.7 Å². The molecule has 0 aromatic heterocycles. The zero-order valence-corrected chi connectivity index (χ0v) is 14.8. The van der Waals surface area contributed by atoms with Crippen LogP contribution in [0, 0.1) is 5.92 Å². The molecule has 0 bridgehead atoms. The lowest BCUT2D eigenvalue weighted by molar-refractivity contribution is -0.136. The Balaban J connectivity index is 2.13. The zero-order valence-electron chi connectivity index (χ0n) is 13.3. The topological polar surface area (TPSA) is 71.4 Å². The van der Waals surface area contributed by atoms with Crippen LogP contribution in [-0.2, 0) is 14.4 Å². The van der Waals surface area contributed by atoms with Gasteiger partial charge in [0.15, 0.2) is 5.78 Å². The second-order valence-electron chi connectivity index (χ2n) is 6.43. The van der Waals surface area contributed by atoms with Gasteiger partial charge in [0.25, 0.3) is 0 Å². The highest BCUT2D eigenvalue weighted by Gasteiger charge is 2.42. The Kier molecular flexibility index (Phi) is 4.99. The molecule has 1 aromatic rings. The average Bonchev–Trinajstić information content (AvgIpc) is 2.54. The van der Waals surface area contributed by atoms with E-state index >= 15 is 0 Å². The second-order valence-corrected chi connectivity index (χ2v) is 7.35. The lowest BCUT2D eigenvalue weighted by Crippen LogP contribution is -2.37. The van der Waals surface area contributed by atoms with Gasteiger partial charge in [0.2, 0.25) is 0 Å². The summed E-state index contributed by atoms with van der Waals surface area (Å²) in [5.74, 6) is -1.91. The molecule has 24 heavy (non-hydrogen) atoms. The highest BCUT2D eigenvalue weighted by Crippen LogP contribution is 2.41. The second kappa shape index (κ2) is 7.01. The summed E-state index contributed by atoms with van der Waals surface area (Å²) in [5, 5.41) is 10.4. The summed E-state index contributed by atoms with van der Waals surface area (Å²) in [4.78, 5) is 37.5. The van der Waals surface area contributed by atoms with Crippen LogP contribution in [0.25, 0.3) is 0 Å². The van der Waals surface area contributed by atoms with Gasteiger partial charge < -0.3 is 5.11 Å². The molecule has 0 spiro atoms. The van der Waals surface area contributed by atoms with Crippen LogP contribution in [0.2, 0.25) is 0 Å². The van der Waals surface area contributed by atoms with Gasteiger partial charge in [-0.1, -0.05) is 28.1 Å². The Morgan fingerprint density at radius 1 is 0.917 bits per heavy atom. The normalized spacial score (nSPS) is 21.3. The molecule has 1 fully saturated rings. The number of hydrogen-bond donors (Lipinski definition) is 1. The van der Waals surface area contributed by atoms with Crippen LogP contribution in [0.15, 0.2) is 40.1 Å². The molecule has 1 unspecified atom stereocenters. The van der Waals surface area contributed by atoms with Crippen molar-refractivity contribution in [1.29, 1.82) is 0 Å². The first kappa shape index (κ1) is 17.1. The van der Waals surface area contributed by atoms with Crippen LogP contribution >= 0.6 is 15.9 Å². The van der Waals surface area contributed by atoms with E-state index in [1.165, 1.54) is 0 Å². The first-order valence-corrected chi connectivity index (χ1v) is 9.04. The minimum atomic E-state index is -0.862.